The van der Waals surface area contributed by atoms with Crippen molar-refractivity contribution < 1.29 is 19.1 Å². The van der Waals surface area contributed by atoms with Crippen molar-refractivity contribution in [3.63, 3.8) is 0 Å². The summed E-state index contributed by atoms with van der Waals surface area (Å²) in [6, 6.07) is 1.69. The minimum absolute atomic E-state index is 0.0303. The number of carbonyl (C=O) groups is 2. The van der Waals surface area contributed by atoms with Gasteiger partial charge in [-0.3, -0.25) is 9.59 Å². The summed E-state index contributed by atoms with van der Waals surface area (Å²) in [5.74, 6) is -1.37. The normalized spacial score (nSPS) is 13.3. The number of nitrogens with zero attached hydrogens (tertiary/aromatic N) is 4. The fourth-order valence-electron chi connectivity index (χ4n) is 1.30. The molecule has 8 heteroatoms. The van der Waals surface area contributed by atoms with Crippen molar-refractivity contribution in [1.29, 1.82) is 5.26 Å². The van der Waals surface area contributed by atoms with Gasteiger partial charge in [0.25, 0.3) is 0 Å². The van der Waals surface area contributed by atoms with Crippen LogP contribution in [0.3, 0.4) is 0 Å². The van der Waals surface area contributed by atoms with E-state index < -0.39 is 23.1 Å². The number of hydrogen-bond acceptors (Lipinski definition) is 6. The van der Waals surface area contributed by atoms with E-state index in [9.17, 15) is 9.59 Å². The van der Waals surface area contributed by atoms with Crippen molar-refractivity contribution in [2.75, 3.05) is 6.61 Å². The highest BCUT2D eigenvalue weighted by molar-refractivity contribution is 5.85. The van der Waals surface area contributed by atoms with Crippen LogP contribution >= 0.6 is 0 Å². The van der Waals surface area contributed by atoms with E-state index in [1.807, 2.05) is 0 Å². The van der Waals surface area contributed by atoms with Crippen LogP contribution in [0.4, 0.5) is 0 Å². The predicted molar refractivity (Wildman–Crippen MR) is 69.2 cm³/mol. The first-order valence-corrected chi connectivity index (χ1v) is 6.01. The highest BCUT2D eigenvalue weighted by Crippen LogP contribution is 2.23. The molecule has 0 rings (SSSR count). The van der Waals surface area contributed by atoms with Crippen LogP contribution in [0.25, 0.3) is 10.4 Å². The van der Waals surface area contributed by atoms with Gasteiger partial charge in [0.15, 0.2) is 0 Å². The van der Waals surface area contributed by atoms with Crippen LogP contribution in [-0.4, -0.2) is 29.7 Å². The van der Waals surface area contributed by atoms with Crippen LogP contribution in [0.15, 0.2) is 5.11 Å². The summed E-state index contributed by atoms with van der Waals surface area (Å²) in [5, 5.41) is 12.4. The molecule has 0 aromatic heterocycles. The molecular formula is C12H18N4O4. The van der Waals surface area contributed by atoms with Gasteiger partial charge in [-0.05, 0) is 39.1 Å². The third-order valence-corrected chi connectivity index (χ3v) is 2.13. The maximum Gasteiger partial charge on any atom is 0.333 e. The van der Waals surface area contributed by atoms with E-state index in [0.29, 0.717) is 0 Å². The lowest BCUT2D eigenvalue weighted by atomic mass is 9.96. The summed E-state index contributed by atoms with van der Waals surface area (Å²) >= 11 is 0. The molecule has 0 fully saturated rings. The molecule has 0 saturated carbocycles. The lowest BCUT2D eigenvalue weighted by Gasteiger charge is -2.26. The Morgan fingerprint density at radius 2 is 2.00 bits per heavy atom. The standard InChI is InChI=1S/C12H18N4O4/c1-9(17)19-7-5-6-12(8-13,15-16-14)10(18)20-11(2,3)4/h5-7H2,1-4H3/t12-/m1/s1. The average Bonchev–Trinajstić information content (AvgIpc) is 2.30. The first-order valence-electron chi connectivity index (χ1n) is 6.01. The second-order valence-electron chi connectivity index (χ2n) is 5.11. The Kier molecular flexibility index (Phi) is 6.53. The van der Waals surface area contributed by atoms with E-state index >= 15 is 0 Å². The minimum Gasteiger partial charge on any atom is -0.466 e. The predicted octanol–water partition coefficient (Wildman–Crippen LogP) is 2.24. The fourth-order valence-corrected chi connectivity index (χ4v) is 1.30. The summed E-state index contributed by atoms with van der Waals surface area (Å²) in [7, 11) is 0. The summed E-state index contributed by atoms with van der Waals surface area (Å²) in [6.45, 7) is 6.20. The number of esters is 2. The van der Waals surface area contributed by atoms with Crippen molar-refractivity contribution in [3.05, 3.63) is 10.4 Å². The summed E-state index contributed by atoms with van der Waals surface area (Å²) in [4.78, 5) is 25.2. The summed E-state index contributed by atoms with van der Waals surface area (Å²) in [6.07, 6.45) is 0.112. The second-order valence-corrected chi connectivity index (χ2v) is 5.11. The molecule has 0 bridgehead atoms. The Labute approximate surface area is 117 Å². The van der Waals surface area contributed by atoms with Crippen LogP contribution < -0.4 is 0 Å². The van der Waals surface area contributed by atoms with E-state index in [-0.39, 0.29) is 19.4 Å². The molecule has 0 aliphatic rings. The number of carbonyl (C=O) groups excluding carboxylic acids is 2. The van der Waals surface area contributed by atoms with E-state index in [1.54, 1.807) is 26.8 Å². The number of ether oxygens (including phenoxy) is 2. The first kappa shape index (κ1) is 17.7. The molecule has 0 spiro atoms. The van der Waals surface area contributed by atoms with E-state index in [4.69, 9.17) is 20.3 Å². The van der Waals surface area contributed by atoms with Gasteiger partial charge in [0.05, 0.1) is 12.7 Å². The van der Waals surface area contributed by atoms with Gasteiger partial charge in [-0.2, -0.15) is 5.26 Å². The van der Waals surface area contributed by atoms with E-state index in [2.05, 4.69) is 10.0 Å². The Morgan fingerprint density at radius 3 is 2.40 bits per heavy atom. The maximum absolute atomic E-state index is 12.0. The molecule has 0 aliphatic carbocycles. The van der Waals surface area contributed by atoms with Crippen LogP contribution in [-0.2, 0) is 19.1 Å². The van der Waals surface area contributed by atoms with Gasteiger partial charge in [-0.25, -0.2) is 0 Å². The Hall–Kier alpha value is -2.26. The van der Waals surface area contributed by atoms with Crippen molar-refractivity contribution >= 4 is 11.9 Å². The molecule has 110 valence electrons. The molecular weight excluding hydrogens is 264 g/mol. The van der Waals surface area contributed by atoms with Crippen molar-refractivity contribution in [3.8, 4) is 6.07 Å². The number of rotatable bonds is 6. The Morgan fingerprint density at radius 1 is 1.40 bits per heavy atom. The molecule has 0 radical (unpaired) electrons. The molecule has 0 aromatic rings. The van der Waals surface area contributed by atoms with Crippen LogP contribution in [0, 0.1) is 11.3 Å². The zero-order chi connectivity index (χ0) is 15.8. The third-order valence-electron chi connectivity index (χ3n) is 2.13. The molecule has 0 N–H and O–H groups in total. The van der Waals surface area contributed by atoms with Gasteiger partial charge in [0.1, 0.15) is 5.60 Å². The molecule has 20 heavy (non-hydrogen) atoms. The minimum atomic E-state index is -1.94. The zero-order valence-corrected chi connectivity index (χ0v) is 12.0. The molecule has 1 atom stereocenters. The van der Waals surface area contributed by atoms with Gasteiger partial charge < -0.3 is 9.47 Å². The number of nitriles is 1. The molecule has 0 aromatic carbocycles. The van der Waals surface area contributed by atoms with Crippen molar-refractivity contribution in [2.24, 2.45) is 5.11 Å². The summed E-state index contributed by atoms with van der Waals surface area (Å²) < 4.78 is 9.80. The Balaban J connectivity index is 4.93. The van der Waals surface area contributed by atoms with Crippen LogP contribution in [0.1, 0.15) is 40.5 Å². The van der Waals surface area contributed by atoms with Crippen LogP contribution in [0.5, 0.6) is 0 Å². The lowest BCUT2D eigenvalue weighted by Crippen LogP contribution is -2.41. The van der Waals surface area contributed by atoms with E-state index in [1.165, 1.54) is 6.92 Å². The van der Waals surface area contributed by atoms with Gasteiger partial charge in [-0.1, -0.05) is 5.11 Å². The third kappa shape index (κ3) is 6.07. The van der Waals surface area contributed by atoms with Crippen molar-refractivity contribution in [2.45, 2.75) is 51.7 Å². The van der Waals surface area contributed by atoms with Gasteiger partial charge >= 0.3 is 11.9 Å². The van der Waals surface area contributed by atoms with Crippen LogP contribution in [0.2, 0.25) is 0 Å². The van der Waals surface area contributed by atoms with Gasteiger partial charge in [-0.15, -0.1) is 0 Å². The topological polar surface area (TPSA) is 125 Å². The largest absolute Gasteiger partial charge is 0.466 e. The SMILES string of the molecule is CC(=O)OCCC[C@](C#N)(N=[N+]=[N-])C(=O)OC(C)(C)C. The molecule has 0 unspecified atom stereocenters. The van der Waals surface area contributed by atoms with E-state index in [0.717, 1.165) is 0 Å². The smallest absolute Gasteiger partial charge is 0.333 e. The quantitative estimate of drug-likeness (QED) is 0.243. The zero-order valence-electron chi connectivity index (χ0n) is 12.0. The summed E-state index contributed by atoms with van der Waals surface area (Å²) in [5.41, 5.74) is 5.79. The molecule has 0 saturated heterocycles. The monoisotopic (exact) mass is 282 g/mol. The fraction of sp³-hybridized carbons (Fsp3) is 0.750. The average molecular weight is 282 g/mol. The molecule has 0 amide bonds. The lowest BCUT2D eigenvalue weighted by molar-refractivity contribution is -0.159. The van der Waals surface area contributed by atoms with Gasteiger partial charge in [0.2, 0.25) is 5.54 Å². The Bertz CT molecular complexity index is 457. The molecule has 0 heterocycles. The van der Waals surface area contributed by atoms with Crippen molar-refractivity contribution in [1.82, 2.24) is 0 Å². The second kappa shape index (κ2) is 7.36. The number of hydrogen-bond donors (Lipinski definition) is 0. The first-order chi connectivity index (χ1) is 9.17. The highest BCUT2D eigenvalue weighted by atomic mass is 16.6. The van der Waals surface area contributed by atoms with Gasteiger partial charge in [0, 0.05) is 11.8 Å². The molecule has 8 nitrogen and oxygen atoms in total. The number of azide groups is 1. The highest BCUT2D eigenvalue weighted by Gasteiger charge is 2.41. The molecule has 0 aliphatic heterocycles. The maximum atomic E-state index is 12.0.